The number of rotatable bonds is 3. The molecule has 2 atom stereocenters. The van der Waals surface area contributed by atoms with E-state index in [9.17, 15) is 8.78 Å². The summed E-state index contributed by atoms with van der Waals surface area (Å²) in [4.78, 5) is 0. The van der Waals surface area contributed by atoms with Crippen LogP contribution in [-0.2, 0) is 4.74 Å². The Kier molecular flexibility index (Phi) is 4.49. The zero-order chi connectivity index (χ0) is 16.0. The van der Waals surface area contributed by atoms with Crippen LogP contribution >= 0.6 is 15.9 Å². The molecule has 0 amide bonds. The first-order chi connectivity index (χ1) is 9.57. The van der Waals surface area contributed by atoms with Gasteiger partial charge in [-0.3, -0.25) is 0 Å². The van der Waals surface area contributed by atoms with E-state index < -0.39 is 23.3 Å². The molecule has 0 aromatic heterocycles. The summed E-state index contributed by atoms with van der Waals surface area (Å²) in [5.41, 5.74) is -0.672. The fraction of sp³-hybridized carbons (Fsp3) is 0.625. The third-order valence-corrected chi connectivity index (χ3v) is 4.67. The summed E-state index contributed by atoms with van der Waals surface area (Å²) in [5, 5.41) is 3.08. The second-order valence-corrected chi connectivity index (χ2v) is 7.74. The average Bonchev–Trinajstić information content (AvgIpc) is 2.51. The van der Waals surface area contributed by atoms with Crippen molar-refractivity contribution < 1.29 is 13.5 Å². The molecule has 2 rings (SSSR count). The molecule has 1 saturated heterocycles. The van der Waals surface area contributed by atoms with E-state index in [1.54, 1.807) is 7.05 Å². The van der Waals surface area contributed by atoms with Gasteiger partial charge < -0.3 is 10.1 Å². The fourth-order valence-corrected chi connectivity index (χ4v) is 3.92. The summed E-state index contributed by atoms with van der Waals surface area (Å²) in [6.45, 7) is 7.97. The standard InChI is InChI=1S/C16H22BrF2NO/c1-15(2)8-10(16(3,4)21-15)14(20-5)13-11(18)6-9(17)7-12(13)19/h6-7,10,14,20H,8H2,1-5H3. The van der Waals surface area contributed by atoms with Crippen molar-refractivity contribution in [2.24, 2.45) is 5.92 Å². The van der Waals surface area contributed by atoms with Gasteiger partial charge in [0, 0.05) is 22.0 Å². The van der Waals surface area contributed by atoms with E-state index in [1.807, 2.05) is 27.7 Å². The Morgan fingerprint density at radius 2 is 1.76 bits per heavy atom. The first-order valence-corrected chi connectivity index (χ1v) is 7.88. The second-order valence-electron chi connectivity index (χ2n) is 6.83. The minimum absolute atomic E-state index is 0.0253. The molecule has 1 aliphatic heterocycles. The predicted octanol–water partition coefficient (Wildman–Crippen LogP) is 4.58. The molecular formula is C16H22BrF2NO. The summed E-state index contributed by atoms with van der Waals surface area (Å²) in [6, 6.07) is 2.17. The van der Waals surface area contributed by atoms with Crippen molar-refractivity contribution >= 4 is 15.9 Å². The summed E-state index contributed by atoms with van der Waals surface area (Å²) in [5.74, 6) is -1.11. The van der Waals surface area contributed by atoms with Crippen LogP contribution in [0.5, 0.6) is 0 Å². The van der Waals surface area contributed by atoms with Gasteiger partial charge in [-0.15, -0.1) is 0 Å². The maximum Gasteiger partial charge on any atom is 0.132 e. The highest BCUT2D eigenvalue weighted by Gasteiger charge is 2.50. The van der Waals surface area contributed by atoms with Crippen molar-refractivity contribution in [3.05, 3.63) is 33.8 Å². The first kappa shape index (κ1) is 16.8. The van der Waals surface area contributed by atoms with Crippen LogP contribution in [0.1, 0.15) is 45.7 Å². The van der Waals surface area contributed by atoms with E-state index in [1.165, 1.54) is 12.1 Å². The molecule has 2 unspecified atom stereocenters. The molecule has 21 heavy (non-hydrogen) atoms. The quantitative estimate of drug-likeness (QED) is 0.850. The van der Waals surface area contributed by atoms with Crippen LogP contribution in [-0.4, -0.2) is 18.2 Å². The molecular weight excluding hydrogens is 340 g/mol. The molecule has 1 N–H and O–H groups in total. The lowest BCUT2D eigenvalue weighted by atomic mass is 9.78. The van der Waals surface area contributed by atoms with Crippen LogP contribution in [0.3, 0.4) is 0 Å². The van der Waals surface area contributed by atoms with Gasteiger partial charge in [-0.1, -0.05) is 15.9 Å². The minimum atomic E-state index is -0.540. The van der Waals surface area contributed by atoms with E-state index >= 15 is 0 Å². The Morgan fingerprint density at radius 3 is 2.14 bits per heavy atom. The van der Waals surface area contributed by atoms with Crippen LogP contribution in [0.25, 0.3) is 0 Å². The van der Waals surface area contributed by atoms with Crippen LogP contribution < -0.4 is 5.32 Å². The maximum atomic E-state index is 14.3. The third-order valence-electron chi connectivity index (χ3n) is 4.21. The summed E-state index contributed by atoms with van der Waals surface area (Å²) in [7, 11) is 1.73. The van der Waals surface area contributed by atoms with Gasteiger partial charge in [0.15, 0.2) is 0 Å². The van der Waals surface area contributed by atoms with Crippen LogP contribution in [0.15, 0.2) is 16.6 Å². The molecule has 0 aliphatic carbocycles. The highest BCUT2D eigenvalue weighted by molar-refractivity contribution is 9.10. The molecule has 118 valence electrons. The number of halogens is 3. The summed E-state index contributed by atoms with van der Waals surface area (Å²) < 4.78 is 35.1. The Bertz CT molecular complexity index is 522. The van der Waals surface area contributed by atoms with Crippen molar-refractivity contribution in [1.29, 1.82) is 0 Å². The zero-order valence-corrected chi connectivity index (χ0v) is 14.6. The minimum Gasteiger partial charge on any atom is -0.369 e. The number of ether oxygens (including phenoxy) is 1. The first-order valence-electron chi connectivity index (χ1n) is 7.09. The largest absolute Gasteiger partial charge is 0.369 e. The number of nitrogens with one attached hydrogen (secondary N) is 1. The number of hydrogen-bond acceptors (Lipinski definition) is 2. The molecule has 2 nitrogen and oxygen atoms in total. The van der Waals surface area contributed by atoms with E-state index in [0.29, 0.717) is 4.47 Å². The van der Waals surface area contributed by atoms with E-state index in [4.69, 9.17) is 4.74 Å². The lowest BCUT2D eigenvalue weighted by Gasteiger charge is -2.33. The SMILES string of the molecule is CNC(c1c(F)cc(Br)cc1F)C1CC(C)(C)OC1(C)C. The van der Waals surface area contributed by atoms with Gasteiger partial charge in [0.25, 0.3) is 0 Å². The van der Waals surface area contributed by atoms with Gasteiger partial charge in [0.05, 0.1) is 11.2 Å². The van der Waals surface area contributed by atoms with Crippen molar-refractivity contribution in [2.45, 2.75) is 51.4 Å². The highest BCUT2D eigenvalue weighted by atomic mass is 79.9. The van der Waals surface area contributed by atoms with E-state index in [-0.39, 0.29) is 17.1 Å². The molecule has 1 aromatic rings. The normalized spacial score (nSPS) is 25.0. The molecule has 5 heteroatoms. The van der Waals surface area contributed by atoms with Crippen LogP contribution in [0, 0.1) is 17.6 Å². The Morgan fingerprint density at radius 1 is 1.24 bits per heavy atom. The Balaban J connectivity index is 2.46. The van der Waals surface area contributed by atoms with Gasteiger partial charge in [-0.2, -0.15) is 0 Å². The predicted molar refractivity (Wildman–Crippen MR) is 83.2 cm³/mol. The molecule has 0 saturated carbocycles. The van der Waals surface area contributed by atoms with E-state index in [0.717, 1.165) is 6.42 Å². The van der Waals surface area contributed by atoms with Crippen molar-refractivity contribution in [3.8, 4) is 0 Å². The molecule has 0 bridgehead atoms. The highest BCUT2D eigenvalue weighted by Crippen LogP contribution is 2.48. The molecule has 1 aromatic carbocycles. The van der Waals surface area contributed by atoms with Crippen molar-refractivity contribution in [1.82, 2.24) is 5.32 Å². The number of benzene rings is 1. The Hall–Kier alpha value is -0.520. The monoisotopic (exact) mass is 361 g/mol. The van der Waals surface area contributed by atoms with Gasteiger partial charge >= 0.3 is 0 Å². The van der Waals surface area contributed by atoms with Crippen LogP contribution in [0.2, 0.25) is 0 Å². The average molecular weight is 362 g/mol. The third kappa shape index (κ3) is 3.30. The topological polar surface area (TPSA) is 21.3 Å². The van der Waals surface area contributed by atoms with Crippen molar-refractivity contribution in [2.75, 3.05) is 7.05 Å². The van der Waals surface area contributed by atoms with Gasteiger partial charge in [-0.25, -0.2) is 8.78 Å². The fourth-order valence-electron chi connectivity index (χ4n) is 3.52. The lowest BCUT2D eigenvalue weighted by molar-refractivity contribution is -0.0778. The van der Waals surface area contributed by atoms with Crippen LogP contribution in [0.4, 0.5) is 8.78 Å². The molecule has 0 spiro atoms. The molecule has 1 fully saturated rings. The van der Waals surface area contributed by atoms with Gasteiger partial charge in [0.1, 0.15) is 11.6 Å². The van der Waals surface area contributed by atoms with Gasteiger partial charge in [0.2, 0.25) is 0 Å². The van der Waals surface area contributed by atoms with Gasteiger partial charge in [-0.05, 0) is 53.3 Å². The summed E-state index contributed by atoms with van der Waals surface area (Å²) in [6.07, 6.45) is 0.737. The second kappa shape index (κ2) is 5.60. The molecule has 1 aliphatic rings. The Labute approximate surface area is 133 Å². The maximum absolute atomic E-state index is 14.3. The van der Waals surface area contributed by atoms with Crippen molar-refractivity contribution in [3.63, 3.8) is 0 Å². The zero-order valence-electron chi connectivity index (χ0n) is 13.1. The molecule has 1 heterocycles. The summed E-state index contributed by atoms with van der Waals surface area (Å²) >= 11 is 3.12. The smallest absolute Gasteiger partial charge is 0.132 e. The number of hydrogen-bond donors (Lipinski definition) is 1. The van der Waals surface area contributed by atoms with E-state index in [2.05, 4.69) is 21.2 Å². The molecule has 0 radical (unpaired) electrons. The lowest BCUT2D eigenvalue weighted by Crippen LogP contribution is -2.38.